The molecule has 156 valence electrons. The smallest absolute Gasteiger partial charge is 0.416 e. The van der Waals surface area contributed by atoms with Crippen molar-refractivity contribution in [1.82, 2.24) is 0 Å². The van der Waals surface area contributed by atoms with E-state index in [0.717, 1.165) is 25.1 Å². The first-order chi connectivity index (χ1) is 14.0. The minimum atomic E-state index is -4.59. The van der Waals surface area contributed by atoms with Crippen molar-refractivity contribution in [3.05, 3.63) is 65.2 Å². The highest BCUT2D eigenvalue weighted by atomic mass is 19.4. The Morgan fingerprint density at radius 1 is 1.13 bits per heavy atom. The van der Waals surface area contributed by atoms with E-state index >= 15 is 0 Å². The number of ketones is 1. The van der Waals surface area contributed by atoms with Crippen LogP contribution in [0.1, 0.15) is 36.0 Å². The topological polar surface area (TPSA) is 107 Å². The van der Waals surface area contributed by atoms with E-state index in [0.29, 0.717) is 11.1 Å². The molecule has 0 heterocycles. The Morgan fingerprint density at radius 3 is 2.27 bits per heavy atom. The van der Waals surface area contributed by atoms with Gasteiger partial charge < -0.3 is 10.4 Å². The summed E-state index contributed by atoms with van der Waals surface area (Å²) in [6, 6.07) is 11.6. The van der Waals surface area contributed by atoms with Gasteiger partial charge >= 0.3 is 12.1 Å². The Labute approximate surface area is 169 Å². The molecule has 30 heavy (non-hydrogen) atoms. The maximum absolute atomic E-state index is 12.8. The van der Waals surface area contributed by atoms with E-state index in [-0.39, 0.29) is 5.69 Å². The fourth-order valence-electron chi connectivity index (χ4n) is 3.05. The number of halogens is 3. The summed E-state index contributed by atoms with van der Waals surface area (Å²) in [4.78, 5) is 36.1. The Bertz CT molecular complexity index is 981. The monoisotopic (exact) mass is 418 g/mol. The zero-order valence-corrected chi connectivity index (χ0v) is 15.7. The predicted molar refractivity (Wildman–Crippen MR) is 100 cm³/mol. The minimum absolute atomic E-state index is 0.108. The molecule has 1 amide bonds. The van der Waals surface area contributed by atoms with Crippen LogP contribution >= 0.6 is 0 Å². The van der Waals surface area contributed by atoms with Crippen molar-refractivity contribution in [1.29, 1.82) is 5.26 Å². The van der Waals surface area contributed by atoms with Crippen molar-refractivity contribution < 1.29 is 32.7 Å². The number of carboxylic acids is 1. The molecule has 2 unspecified atom stereocenters. The molecule has 0 aliphatic carbocycles. The van der Waals surface area contributed by atoms with Crippen LogP contribution in [0.3, 0.4) is 0 Å². The summed E-state index contributed by atoms with van der Waals surface area (Å²) in [6.07, 6.45) is -5.05. The molecule has 0 aliphatic rings. The molecule has 0 saturated carbocycles. The highest BCUT2D eigenvalue weighted by molar-refractivity contribution is 5.99. The van der Waals surface area contributed by atoms with Crippen LogP contribution in [0.4, 0.5) is 18.9 Å². The number of nitrogens with one attached hydrogen (secondary N) is 1. The molecular formula is C21H17F3N2O4. The second kappa shape index (κ2) is 9.22. The van der Waals surface area contributed by atoms with Crippen LogP contribution in [-0.2, 0) is 20.6 Å². The van der Waals surface area contributed by atoms with Crippen LogP contribution < -0.4 is 5.32 Å². The number of hydrogen-bond acceptors (Lipinski definition) is 4. The summed E-state index contributed by atoms with van der Waals surface area (Å²) in [6.45, 7) is 1.08. The first-order valence-electron chi connectivity index (χ1n) is 8.73. The molecule has 2 atom stereocenters. The van der Waals surface area contributed by atoms with Crippen molar-refractivity contribution in [2.24, 2.45) is 5.92 Å². The molecule has 0 fully saturated rings. The van der Waals surface area contributed by atoms with Gasteiger partial charge in [0.2, 0.25) is 5.91 Å². The number of amides is 1. The third kappa shape index (κ3) is 5.67. The number of aliphatic carboxylic acids is 1. The standard InChI is InChI=1S/C21H17F3N2O4/c1-12(27)19(20(29)30)17(14-7-5-13(11-25)6-8-14)10-18(28)26-16-4-2-3-15(9-16)21(22,23)24/h2-9,17,19H,10H2,1H3,(H,26,28)(H,29,30). The lowest BCUT2D eigenvalue weighted by atomic mass is 9.81. The second-order valence-corrected chi connectivity index (χ2v) is 6.60. The Hall–Kier alpha value is -3.67. The summed E-state index contributed by atoms with van der Waals surface area (Å²) in [5, 5.41) is 20.7. The van der Waals surface area contributed by atoms with E-state index in [1.54, 1.807) is 0 Å². The molecule has 0 aliphatic heterocycles. The quantitative estimate of drug-likeness (QED) is 0.662. The number of benzene rings is 2. The molecule has 0 radical (unpaired) electrons. The Balaban J connectivity index is 2.31. The number of anilines is 1. The average molecular weight is 418 g/mol. The first kappa shape index (κ1) is 22.6. The summed E-state index contributed by atoms with van der Waals surface area (Å²) in [5.74, 6) is -5.47. The van der Waals surface area contributed by atoms with Crippen LogP contribution in [0.15, 0.2) is 48.5 Å². The third-order valence-electron chi connectivity index (χ3n) is 4.45. The van der Waals surface area contributed by atoms with E-state index < -0.39 is 47.7 Å². The van der Waals surface area contributed by atoms with Crippen LogP contribution in [0, 0.1) is 17.2 Å². The highest BCUT2D eigenvalue weighted by Crippen LogP contribution is 2.32. The van der Waals surface area contributed by atoms with Gasteiger partial charge in [0, 0.05) is 18.0 Å². The van der Waals surface area contributed by atoms with Gasteiger partial charge in [-0.15, -0.1) is 0 Å². The van der Waals surface area contributed by atoms with Crippen molar-refractivity contribution in [2.75, 3.05) is 5.32 Å². The average Bonchev–Trinajstić information content (AvgIpc) is 2.66. The van der Waals surface area contributed by atoms with Gasteiger partial charge in [0.15, 0.2) is 0 Å². The molecule has 0 bridgehead atoms. The van der Waals surface area contributed by atoms with Gasteiger partial charge in [0.1, 0.15) is 11.7 Å². The van der Waals surface area contributed by atoms with Crippen LogP contribution in [0.25, 0.3) is 0 Å². The highest BCUT2D eigenvalue weighted by Gasteiger charge is 2.35. The van der Waals surface area contributed by atoms with Gasteiger partial charge in [0.25, 0.3) is 0 Å². The number of alkyl halides is 3. The van der Waals surface area contributed by atoms with Crippen molar-refractivity contribution in [3.8, 4) is 6.07 Å². The number of carbonyl (C=O) groups is 3. The zero-order chi connectivity index (χ0) is 22.5. The number of nitriles is 1. The molecule has 0 saturated heterocycles. The number of Topliss-reactive ketones (excluding diaryl/α,β-unsaturated/α-hetero) is 1. The van der Waals surface area contributed by atoms with Crippen LogP contribution in [0.5, 0.6) is 0 Å². The van der Waals surface area contributed by atoms with E-state index in [4.69, 9.17) is 5.26 Å². The second-order valence-electron chi connectivity index (χ2n) is 6.60. The SMILES string of the molecule is CC(=O)C(C(=O)O)C(CC(=O)Nc1cccc(C(F)(F)F)c1)c1ccc(C#N)cc1. The van der Waals surface area contributed by atoms with Gasteiger partial charge in [-0.1, -0.05) is 18.2 Å². The number of hydrogen-bond donors (Lipinski definition) is 2. The van der Waals surface area contributed by atoms with Crippen molar-refractivity contribution >= 4 is 23.3 Å². The van der Waals surface area contributed by atoms with Crippen LogP contribution in [0.2, 0.25) is 0 Å². The van der Waals surface area contributed by atoms with E-state index in [9.17, 15) is 32.7 Å². The van der Waals surface area contributed by atoms with E-state index in [1.807, 2.05) is 6.07 Å². The summed E-state index contributed by atoms with van der Waals surface area (Å²) in [5.41, 5.74) is -0.407. The maximum atomic E-state index is 12.8. The van der Waals surface area contributed by atoms with Crippen molar-refractivity contribution in [2.45, 2.75) is 25.4 Å². The first-order valence-corrected chi connectivity index (χ1v) is 8.73. The molecule has 0 spiro atoms. The minimum Gasteiger partial charge on any atom is -0.481 e. The van der Waals surface area contributed by atoms with Gasteiger partial charge in [-0.3, -0.25) is 14.4 Å². The molecule has 0 aromatic heterocycles. The maximum Gasteiger partial charge on any atom is 0.416 e. The zero-order valence-electron chi connectivity index (χ0n) is 15.7. The van der Waals surface area contributed by atoms with Gasteiger partial charge in [-0.25, -0.2) is 0 Å². The van der Waals surface area contributed by atoms with E-state index in [1.165, 1.54) is 30.3 Å². The van der Waals surface area contributed by atoms with Gasteiger partial charge in [0.05, 0.1) is 17.2 Å². The fourth-order valence-corrected chi connectivity index (χ4v) is 3.05. The molecule has 2 aromatic rings. The van der Waals surface area contributed by atoms with E-state index in [2.05, 4.69) is 5.32 Å². The molecule has 6 nitrogen and oxygen atoms in total. The molecule has 2 N–H and O–H groups in total. The third-order valence-corrected chi connectivity index (χ3v) is 4.45. The summed E-state index contributed by atoms with van der Waals surface area (Å²) in [7, 11) is 0. The largest absolute Gasteiger partial charge is 0.481 e. The molecular weight excluding hydrogens is 401 g/mol. The Kier molecular flexibility index (Phi) is 6.95. The summed E-state index contributed by atoms with van der Waals surface area (Å²) < 4.78 is 38.5. The molecule has 9 heteroatoms. The number of carbonyl (C=O) groups excluding carboxylic acids is 2. The lowest BCUT2D eigenvalue weighted by Gasteiger charge is -2.22. The van der Waals surface area contributed by atoms with Crippen molar-refractivity contribution in [3.63, 3.8) is 0 Å². The van der Waals surface area contributed by atoms with Gasteiger partial charge in [-0.05, 0) is 42.8 Å². The number of nitrogens with zero attached hydrogens (tertiary/aromatic N) is 1. The summed E-state index contributed by atoms with van der Waals surface area (Å²) >= 11 is 0. The molecule has 2 rings (SSSR count). The fraction of sp³-hybridized carbons (Fsp3) is 0.238. The van der Waals surface area contributed by atoms with Crippen LogP contribution in [-0.4, -0.2) is 22.8 Å². The Morgan fingerprint density at radius 2 is 1.77 bits per heavy atom. The normalized spacial score (nSPS) is 13.0. The lowest BCUT2D eigenvalue weighted by molar-refractivity contribution is -0.147. The lowest BCUT2D eigenvalue weighted by Crippen LogP contribution is -2.31. The predicted octanol–water partition coefficient (Wildman–Crippen LogP) is 3.98. The molecule has 2 aromatic carbocycles. The number of rotatable bonds is 7. The number of carboxylic acid groups (broad SMARTS) is 1. The van der Waals surface area contributed by atoms with Gasteiger partial charge in [-0.2, -0.15) is 18.4 Å².